The largest absolute Gasteiger partial charge is 0.379 e. The molecule has 1 rings (SSSR count). The van der Waals surface area contributed by atoms with E-state index < -0.39 is 0 Å². The highest BCUT2D eigenvalue weighted by molar-refractivity contribution is 5.02. The summed E-state index contributed by atoms with van der Waals surface area (Å²) in [6.07, 6.45) is 5.55. The van der Waals surface area contributed by atoms with E-state index in [4.69, 9.17) is 11.2 Å². The summed E-state index contributed by atoms with van der Waals surface area (Å²) in [6.45, 7) is 1.93. The van der Waals surface area contributed by atoms with Crippen molar-refractivity contribution in [3.8, 4) is 12.3 Å². The van der Waals surface area contributed by atoms with E-state index in [1.807, 2.05) is 0 Å². The lowest BCUT2D eigenvalue weighted by atomic mass is 10.1. The molecular weight excluding hydrogens is 126 g/mol. The second-order valence-electron chi connectivity index (χ2n) is 2.77. The highest BCUT2D eigenvalue weighted by Gasteiger charge is 2.28. The zero-order valence-electron chi connectivity index (χ0n) is 6.50. The lowest BCUT2D eigenvalue weighted by Gasteiger charge is -2.09. The molecule has 0 aromatic rings. The van der Waals surface area contributed by atoms with Gasteiger partial charge in [0.25, 0.3) is 0 Å². The molecule has 0 aromatic heterocycles. The molecule has 1 saturated heterocycles. The van der Waals surface area contributed by atoms with Crippen LogP contribution in [-0.4, -0.2) is 38.3 Å². The molecule has 0 aliphatic carbocycles. The number of rotatable bonds is 1. The molecule has 56 valence electrons. The van der Waals surface area contributed by atoms with Crippen LogP contribution < -0.4 is 0 Å². The summed E-state index contributed by atoms with van der Waals surface area (Å²) in [7, 11) is 3.78. The molecule has 0 amide bonds. The third-order valence-corrected chi connectivity index (χ3v) is 1.97. The van der Waals surface area contributed by atoms with Crippen LogP contribution in [0.15, 0.2) is 0 Å². The molecule has 0 radical (unpaired) electrons. The van der Waals surface area contributed by atoms with Crippen LogP contribution >= 0.6 is 0 Å². The van der Waals surface area contributed by atoms with Gasteiger partial charge in [-0.05, 0) is 7.05 Å². The Labute approximate surface area is 62.2 Å². The lowest BCUT2D eigenvalue weighted by molar-refractivity contribution is 0.0947. The van der Waals surface area contributed by atoms with Gasteiger partial charge < -0.3 is 9.64 Å². The number of methoxy groups -OCH3 is 1. The van der Waals surface area contributed by atoms with Gasteiger partial charge in [-0.3, -0.25) is 0 Å². The molecule has 2 atom stereocenters. The molecule has 10 heavy (non-hydrogen) atoms. The van der Waals surface area contributed by atoms with Gasteiger partial charge in [0, 0.05) is 20.2 Å². The van der Waals surface area contributed by atoms with Gasteiger partial charge >= 0.3 is 0 Å². The van der Waals surface area contributed by atoms with E-state index in [1.54, 1.807) is 7.11 Å². The van der Waals surface area contributed by atoms with Crippen molar-refractivity contribution in [1.82, 2.24) is 4.90 Å². The summed E-state index contributed by atoms with van der Waals surface area (Å²) < 4.78 is 5.20. The van der Waals surface area contributed by atoms with E-state index in [-0.39, 0.29) is 12.0 Å². The Morgan fingerprint density at radius 3 is 2.70 bits per heavy atom. The van der Waals surface area contributed by atoms with Gasteiger partial charge in [-0.1, -0.05) is 5.92 Å². The van der Waals surface area contributed by atoms with Crippen molar-refractivity contribution >= 4 is 0 Å². The molecule has 0 bridgehead atoms. The maximum absolute atomic E-state index is 5.31. The highest BCUT2D eigenvalue weighted by atomic mass is 16.5. The first-order chi connectivity index (χ1) is 4.77. The van der Waals surface area contributed by atoms with Gasteiger partial charge in [0.15, 0.2) is 0 Å². The predicted molar refractivity (Wildman–Crippen MR) is 40.6 cm³/mol. The zero-order valence-corrected chi connectivity index (χ0v) is 6.50. The summed E-state index contributed by atoms with van der Waals surface area (Å²) in [5, 5.41) is 0. The minimum Gasteiger partial charge on any atom is -0.379 e. The normalized spacial score (nSPS) is 34.1. The fraction of sp³-hybridized carbons (Fsp3) is 0.750. The summed E-state index contributed by atoms with van der Waals surface area (Å²) in [5.74, 6) is 3.02. The van der Waals surface area contributed by atoms with Gasteiger partial charge in [0.05, 0.1) is 12.0 Å². The molecular formula is C8H13NO. The average molecular weight is 139 g/mol. The minimum atomic E-state index is 0.245. The standard InChI is InChI=1S/C8H13NO/c1-4-7-5-9(2)6-8(7)10-3/h1,7-8H,5-6H2,2-3H3/t7-,8-/m1/s1. The van der Waals surface area contributed by atoms with E-state index >= 15 is 0 Å². The van der Waals surface area contributed by atoms with Crippen LogP contribution in [0.1, 0.15) is 0 Å². The van der Waals surface area contributed by atoms with Crippen molar-refractivity contribution in [1.29, 1.82) is 0 Å². The third kappa shape index (κ3) is 1.31. The quantitative estimate of drug-likeness (QED) is 0.481. The smallest absolute Gasteiger partial charge is 0.0847 e. The first kappa shape index (κ1) is 7.59. The van der Waals surface area contributed by atoms with Crippen molar-refractivity contribution < 1.29 is 4.74 Å². The first-order valence-electron chi connectivity index (χ1n) is 3.45. The number of likely N-dealkylation sites (tertiary alicyclic amines) is 1. The van der Waals surface area contributed by atoms with E-state index in [2.05, 4.69) is 17.9 Å². The Morgan fingerprint density at radius 2 is 2.30 bits per heavy atom. The molecule has 0 N–H and O–H groups in total. The topological polar surface area (TPSA) is 12.5 Å². The number of hydrogen-bond acceptors (Lipinski definition) is 2. The predicted octanol–water partition coefficient (Wildman–Crippen LogP) is 0.196. The lowest BCUT2D eigenvalue weighted by Crippen LogP contribution is -2.20. The van der Waals surface area contributed by atoms with Gasteiger partial charge in [0.2, 0.25) is 0 Å². The molecule has 1 fully saturated rings. The molecule has 1 heterocycles. The van der Waals surface area contributed by atoms with Gasteiger partial charge in [-0.25, -0.2) is 0 Å². The fourth-order valence-corrected chi connectivity index (χ4v) is 1.36. The van der Waals surface area contributed by atoms with E-state index in [0.29, 0.717) is 0 Å². The van der Waals surface area contributed by atoms with Crippen molar-refractivity contribution in [2.24, 2.45) is 5.92 Å². The Morgan fingerprint density at radius 1 is 1.60 bits per heavy atom. The Hall–Kier alpha value is -0.520. The van der Waals surface area contributed by atoms with Crippen LogP contribution in [0.4, 0.5) is 0 Å². The average Bonchev–Trinajstić information content (AvgIpc) is 2.30. The van der Waals surface area contributed by atoms with Crippen molar-refractivity contribution in [3.63, 3.8) is 0 Å². The Balaban J connectivity index is 2.51. The number of nitrogens with zero attached hydrogens (tertiary/aromatic N) is 1. The minimum absolute atomic E-state index is 0.245. The SMILES string of the molecule is C#C[C@@H]1CN(C)C[C@H]1OC. The summed E-state index contributed by atoms with van der Waals surface area (Å²) in [5.41, 5.74) is 0. The Bertz CT molecular complexity index is 150. The Kier molecular flexibility index (Phi) is 2.31. The van der Waals surface area contributed by atoms with Crippen molar-refractivity contribution in [3.05, 3.63) is 0 Å². The van der Waals surface area contributed by atoms with Crippen LogP contribution in [0.25, 0.3) is 0 Å². The molecule has 1 aliphatic rings. The molecule has 2 nitrogen and oxygen atoms in total. The third-order valence-electron chi connectivity index (χ3n) is 1.97. The van der Waals surface area contributed by atoms with E-state index in [1.165, 1.54) is 0 Å². The van der Waals surface area contributed by atoms with Crippen LogP contribution in [0, 0.1) is 18.3 Å². The van der Waals surface area contributed by atoms with Crippen molar-refractivity contribution in [2.45, 2.75) is 6.10 Å². The fourth-order valence-electron chi connectivity index (χ4n) is 1.36. The van der Waals surface area contributed by atoms with Gasteiger partial charge in [-0.2, -0.15) is 0 Å². The second kappa shape index (κ2) is 3.05. The number of terminal acetylenes is 1. The van der Waals surface area contributed by atoms with Crippen molar-refractivity contribution in [2.75, 3.05) is 27.2 Å². The van der Waals surface area contributed by atoms with Crippen LogP contribution in [0.2, 0.25) is 0 Å². The van der Waals surface area contributed by atoms with Gasteiger partial charge in [-0.15, -0.1) is 6.42 Å². The number of likely N-dealkylation sites (N-methyl/N-ethyl adjacent to an activating group) is 1. The molecule has 0 spiro atoms. The number of ether oxygens (including phenoxy) is 1. The molecule has 2 heteroatoms. The summed E-state index contributed by atoms with van der Waals surface area (Å²) in [6, 6.07) is 0. The zero-order chi connectivity index (χ0) is 7.56. The van der Waals surface area contributed by atoms with E-state index in [0.717, 1.165) is 13.1 Å². The van der Waals surface area contributed by atoms with Crippen LogP contribution in [0.3, 0.4) is 0 Å². The highest BCUT2D eigenvalue weighted by Crippen LogP contribution is 2.16. The maximum atomic E-state index is 5.31. The first-order valence-corrected chi connectivity index (χ1v) is 3.45. The van der Waals surface area contributed by atoms with Crippen LogP contribution in [-0.2, 0) is 4.74 Å². The summed E-state index contributed by atoms with van der Waals surface area (Å²) >= 11 is 0. The molecule has 0 aromatic carbocycles. The molecule has 1 aliphatic heterocycles. The molecule has 0 unspecified atom stereocenters. The van der Waals surface area contributed by atoms with Crippen LogP contribution in [0.5, 0.6) is 0 Å². The summed E-state index contributed by atoms with van der Waals surface area (Å²) in [4.78, 5) is 2.19. The van der Waals surface area contributed by atoms with Gasteiger partial charge in [0.1, 0.15) is 0 Å². The second-order valence-corrected chi connectivity index (χ2v) is 2.77. The molecule has 0 saturated carbocycles. The number of hydrogen-bond donors (Lipinski definition) is 0. The monoisotopic (exact) mass is 139 g/mol. The van der Waals surface area contributed by atoms with E-state index in [9.17, 15) is 0 Å². The maximum Gasteiger partial charge on any atom is 0.0847 e.